The molecule has 4 amide bonds. The van der Waals surface area contributed by atoms with E-state index >= 15 is 0 Å². The molecule has 10 nitrogen and oxygen atoms in total. The molecule has 2 aliphatic carbocycles. The molecule has 2 aliphatic heterocycles. The van der Waals surface area contributed by atoms with E-state index in [9.17, 15) is 19.2 Å². The molecule has 3 heterocycles. The molecule has 4 fully saturated rings. The first-order chi connectivity index (χ1) is 19.0. The van der Waals surface area contributed by atoms with Crippen LogP contribution in [0.5, 0.6) is 0 Å². The molecule has 1 spiro atoms. The number of amides is 4. The number of nitrogens with one attached hydrogen (secondary N) is 2. The molecule has 1 aromatic heterocycles. The number of rotatable bonds is 9. The highest BCUT2D eigenvalue weighted by molar-refractivity contribution is 7.11. The monoisotopic (exact) mass is 573 g/mol. The Hall–Kier alpha value is -2.53. The summed E-state index contributed by atoms with van der Waals surface area (Å²) in [5.74, 6) is -0.0555. The molecule has 2 saturated carbocycles. The molecule has 1 unspecified atom stereocenters. The Labute approximate surface area is 240 Å². The van der Waals surface area contributed by atoms with Crippen LogP contribution in [0.2, 0.25) is 0 Å². The quantitative estimate of drug-likeness (QED) is 0.468. The van der Waals surface area contributed by atoms with Crippen LogP contribution in [0.1, 0.15) is 75.9 Å². The van der Waals surface area contributed by atoms with Gasteiger partial charge in [-0.15, -0.1) is 11.3 Å². The maximum atomic E-state index is 13.7. The first kappa shape index (κ1) is 29.0. The van der Waals surface area contributed by atoms with E-state index in [2.05, 4.69) is 29.5 Å². The smallest absolute Gasteiger partial charge is 0.265 e. The molecular formula is C29H43N5O5S. The molecule has 2 N–H and O–H groups in total. The van der Waals surface area contributed by atoms with Crippen molar-refractivity contribution < 1.29 is 23.9 Å². The van der Waals surface area contributed by atoms with Crippen LogP contribution in [-0.2, 0) is 19.1 Å². The first-order valence-electron chi connectivity index (χ1n) is 14.6. The van der Waals surface area contributed by atoms with Gasteiger partial charge in [-0.2, -0.15) is 0 Å². The van der Waals surface area contributed by atoms with Gasteiger partial charge in [0.2, 0.25) is 17.7 Å². The van der Waals surface area contributed by atoms with E-state index in [4.69, 9.17) is 4.74 Å². The van der Waals surface area contributed by atoms with E-state index in [1.54, 1.807) is 16.6 Å². The first-order valence-corrected chi connectivity index (χ1v) is 15.5. The fraction of sp³-hybridized carbons (Fsp3) is 0.759. The number of nitrogens with zero attached hydrogens (tertiary/aromatic N) is 3. The van der Waals surface area contributed by atoms with E-state index in [1.165, 1.54) is 37.5 Å². The zero-order valence-electron chi connectivity index (χ0n) is 24.1. The fourth-order valence-corrected chi connectivity index (χ4v) is 7.30. The minimum atomic E-state index is -0.852. The summed E-state index contributed by atoms with van der Waals surface area (Å²) in [7, 11) is 0. The molecule has 220 valence electrons. The normalized spacial score (nSPS) is 26.6. The molecule has 0 bridgehead atoms. The molecule has 1 aromatic rings. The van der Waals surface area contributed by atoms with Gasteiger partial charge in [-0.1, -0.05) is 33.1 Å². The van der Waals surface area contributed by atoms with Crippen molar-refractivity contribution in [3.05, 3.63) is 16.6 Å². The van der Waals surface area contributed by atoms with Gasteiger partial charge in [0.1, 0.15) is 10.9 Å². The number of ether oxygens (including phenoxy) is 1. The molecular weight excluding hydrogens is 530 g/mol. The average molecular weight is 574 g/mol. The van der Waals surface area contributed by atoms with Gasteiger partial charge in [0.05, 0.1) is 23.9 Å². The summed E-state index contributed by atoms with van der Waals surface area (Å²) in [6, 6.07) is -1.20. The van der Waals surface area contributed by atoms with Crippen LogP contribution in [0, 0.1) is 22.7 Å². The van der Waals surface area contributed by atoms with Gasteiger partial charge in [-0.3, -0.25) is 24.2 Å². The predicted molar refractivity (Wildman–Crippen MR) is 150 cm³/mol. The third-order valence-electron chi connectivity index (χ3n) is 9.46. The minimum absolute atomic E-state index is 0.0383. The van der Waals surface area contributed by atoms with Crippen LogP contribution in [0.4, 0.5) is 0 Å². The number of hydrogen-bond acceptors (Lipinski definition) is 7. The van der Waals surface area contributed by atoms with E-state index < -0.39 is 17.6 Å². The van der Waals surface area contributed by atoms with Gasteiger partial charge in [0.15, 0.2) is 0 Å². The average Bonchev–Trinajstić information content (AvgIpc) is 3.25. The molecule has 0 aromatic carbocycles. The molecule has 5 rings (SSSR count). The lowest BCUT2D eigenvalue weighted by atomic mass is 9.75. The fourth-order valence-electron chi connectivity index (χ4n) is 6.71. The maximum absolute atomic E-state index is 13.7. The molecule has 4 atom stereocenters. The SMILES string of the molecule is CC(=O)N[C@@H](C(=O)NC1CN(C(=O)c2cncs2)CC12CN(C(=O)[C@H]1CC1(C)C)C2)[C@H](C)OCC1CCCCC1. The second-order valence-corrected chi connectivity index (χ2v) is 14.0. The van der Waals surface area contributed by atoms with Crippen molar-refractivity contribution in [3.8, 4) is 0 Å². The summed E-state index contributed by atoms with van der Waals surface area (Å²) in [6.45, 7) is 9.79. The third kappa shape index (κ3) is 6.05. The van der Waals surface area contributed by atoms with Crippen molar-refractivity contribution in [1.29, 1.82) is 0 Å². The Bertz CT molecular complexity index is 1110. The van der Waals surface area contributed by atoms with Crippen molar-refractivity contribution in [2.45, 2.75) is 84.4 Å². The molecule has 2 saturated heterocycles. The van der Waals surface area contributed by atoms with Crippen molar-refractivity contribution in [1.82, 2.24) is 25.4 Å². The summed E-state index contributed by atoms with van der Waals surface area (Å²) in [4.78, 5) is 60.3. The van der Waals surface area contributed by atoms with Gasteiger partial charge in [-0.25, -0.2) is 0 Å². The van der Waals surface area contributed by atoms with E-state index in [0.717, 1.165) is 19.3 Å². The number of aromatic nitrogens is 1. The van der Waals surface area contributed by atoms with Crippen molar-refractivity contribution >= 4 is 35.0 Å². The van der Waals surface area contributed by atoms with Gasteiger partial charge in [-0.05, 0) is 37.5 Å². The highest BCUT2D eigenvalue weighted by Gasteiger charge is 2.60. The summed E-state index contributed by atoms with van der Waals surface area (Å²) < 4.78 is 6.13. The number of carbonyl (C=O) groups excluding carboxylic acids is 4. The molecule has 0 radical (unpaired) electrons. The molecule has 11 heteroatoms. The lowest BCUT2D eigenvalue weighted by molar-refractivity contribution is -0.147. The van der Waals surface area contributed by atoms with Gasteiger partial charge >= 0.3 is 0 Å². The predicted octanol–water partition coefficient (Wildman–Crippen LogP) is 2.45. The van der Waals surface area contributed by atoms with Crippen LogP contribution >= 0.6 is 11.3 Å². The summed E-state index contributed by atoms with van der Waals surface area (Å²) in [6.07, 6.45) is 7.88. The van der Waals surface area contributed by atoms with Crippen LogP contribution in [0.3, 0.4) is 0 Å². The van der Waals surface area contributed by atoms with Gasteiger partial charge < -0.3 is 25.2 Å². The number of likely N-dealkylation sites (tertiary alicyclic amines) is 2. The lowest BCUT2D eigenvalue weighted by Crippen LogP contribution is -2.68. The Morgan fingerprint density at radius 1 is 1.12 bits per heavy atom. The zero-order chi connectivity index (χ0) is 28.7. The molecule has 40 heavy (non-hydrogen) atoms. The number of hydrogen-bond donors (Lipinski definition) is 2. The largest absolute Gasteiger partial charge is 0.376 e. The second kappa shape index (κ2) is 11.4. The second-order valence-electron chi connectivity index (χ2n) is 13.1. The molecule has 4 aliphatic rings. The van der Waals surface area contributed by atoms with Crippen LogP contribution in [0.25, 0.3) is 0 Å². The van der Waals surface area contributed by atoms with E-state index in [0.29, 0.717) is 43.6 Å². The van der Waals surface area contributed by atoms with Crippen LogP contribution < -0.4 is 10.6 Å². The lowest BCUT2D eigenvalue weighted by Gasteiger charge is -2.51. The third-order valence-corrected chi connectivity index (χ3v) is 10.2. The Morgan fingerprint density at radius 2 is 1.80 bits per heavy atom. The maximum Gasteiger partial charge on any atom is 0.265 e. The van der Waals surface area contributed by atoms with Crippen LogP contribution in [-0.4, -0.2) is 89.4 Å². The van der Waals surface area contributed by atoms with Crippen molar-refractivity contribution in [2.24, 2.45) is 22.7 Å². The topological polar surface area (TPSA) is 121 Å². The summed E-state index contributed by atoms with van der Waals surface area (Å²) in [5, 5.41) is 5.96. The van der Waals surface area contributed by atoms with Crippen molar-refractivity contribution in [2.75, 3.05) is 32.8 Å². The Kier molecular flexibility index (Phi) is 8.25. The highest BCUT2D eigenvalue weighted by Crippen LogP contribution is 2.54. The van der Waals surface area contributed by atoms with Gasteiger partial charge in [0.25, 0.3) is 5.91 Å². The van der Waals surface area contributed by atoms with Crippen LogP contribution in [0.15, 0.2) is 11.7 Å². The number of thiazole rings is 1. The minimum Gasteiger partial charge on any atom is -0.376 e. The highest BCUT2D eigenvalue weighted by atomic mass is 32.1. The Balaban J connectivity index is 1.27. The Morgan fingerprint density at radius 3 is 2.40 bits per heavy atom. The zero-order valence-corrected chi connectivity index (χ0v) is 24.9. The van der Waals surface area contributed by atoms with E-state index in [-0.39, 0.29) is 41.0 Å². The number of carbonyl (C=O) groups is 4. The van der Waals surface area contributed by atoms with Crippen molar-refractivity contribution in [3.63, 3.8) is 0 Å². The van der Waals surface area contributed by atoms with Gasteiger partial charge in [0, 0.05) is 51.0 Å². The summed E-state index contributed by atoms with van der Waals surface area (Å²) >= 11 is 1.29. The van der Waals surface area contributed by atoms with E-state index in [1.807, 2.05) is 11.8 Å². The summed E-state index contributed by atoms with van der Waals surface area (Å²) in [5.41, 5.74) is 1.24. The standard InChI is InChI=1S/C29H43N5O5S/c1-18(39-13-20-8-6-5-7-9-20)24(31-19(2)35)25(36)32-23-12-33(27(38)22-11-30-17-40-22)14-29(23)15-34(16-29)26(37)21-10-28(21,3)4/h11,17-18,20-21,23-24H,5-10,12-16H2,1-4H3,(H,31,35)(H,32,36)/t18-,21+,23?,24+/m0/s1.